The summed E-state index contributed by atoms with van der Waals surface area (Å²) in [6, 6.07) is 10.5. The predicted octanol–water partition coefficient (Wildman–Crippen LogP) is 3.41. The van der Waals surface area contributed by atoms with Crippen LogP contribution in [-0.4, -0.2) is 8.42 Å². The Bertz CT molecular complexity index is 748. The normalized spacial score (nSPS) is 13.0. The minimum atomic E-state index is -3.69. The van der Waals surface area contributed by atoms with Crippen molar-refractivity contribution in [2.45, 2.75) is 17.9 Å². The molecule has 1 unspecified atom stereocenters. The van der Waals surface area contributed by atoms with Crippen LogP contribution >= 0.6 is 15.9 Å². The second-order valence-electron chi connectivity index (χ2n) is 4.60. The van der Waals surface area contributed by atoms with E-state index in [0.29, 0.717) is 4.47 Å². The molecule has 1 atom stereocenters. The van der Waals surface area contributed by atoms with Crippen LogP contribution < -0.4 is 10.5 Å². The number of sulfonamides is 1. The first-order valence-corrected chi connectivity index (χ1v) is 8.45. The maximum Gasteiger partial charge on any atom is 0.238 e. The van der Waals surface area contributed by atoms with Crippen LogP contribution in [0.2, 0.25) is 0 Å². The molecule has 0 saturated carbocycles. The van der Waals surface area contributed by atoms with E-state index >= 15 is 0 Å². The number of rotatable bonds is 4. The number of nitrogens with two attached hydrogens (primary N) is 1. The molecule has 2 aromatic rings. The van der Waals surface area contributed by atoms with Gasteiger partial charge in [-0.2, -0.15) is 0 Å². The van der Waals surface area contributed by atoms with Crippen molar-refractivity contribution in [3.63, 3.8) is 0 Å². The highest BCUT2D eigenvalue weighted by molar-refractivity contribution is 9.10. The molecular weight excluding hydrogens is 359 g/mol. The van der Waals surface area contributed by atoms with Gasteiger partial charge >= 0.3 is 0 Å². The molecule has 2 aromatic carbocycles. The fourth-order valence-corrected chi connectivity index (χ4v) is 3.13. The number of halogens is 2. The second-order valence-corrected chi connectivity index (χ2v) is 7.02. The van der Waals surface area contributed by atoms with Crippen molar-refractivity contribution in [3.8, 4) is 0 Å². The monoisotopic (exact) mass is 372 g/mol. The van der Waals surface area contributed by atoms with E-state index in [9.17, 15) is 12.8 Å². The highest BCUT2D eigenvalue weighted by Crippen LogP contribution is 2.27. The quantitative estimate of drug-likeness (QED) is 0.863. The molecule has 4 nitrogen and oxygen atoms in total. The van der Waals surface area contributed by atoms with E-state index in [-0.39, 0.29) is 16.8 Å². The third-order valence-corrected chi connectivity index (χ3v) is 4.61. The van der Waals surface area contributed by atoms with E-state index in [4.69, 9.17) is 5.14 Å². The fraction of sp³-hybridized carbons (Fsp3) is 0.143. The number of primary sulfonamides is 1. The van der Waals surface area contributed by atoms with Crippen LogP contribution in [0, 0.1) is 5.82 Å². The topological polar surface area (TPSA) is 72.2 Å². The highest BCUT2D eigenvalue weighted by atomic mass is 79.9. The summed E-state index contributed by atoms with van der Waals surface area (Å²) in [5.41, 5.74) is 1.64. The van der Waals surface area contributed by atoms with Gasteiger partial charge in [-0.15, -0.1) is 0 Å². The van der Waals surface area contributed by atoms with Gasteiger partial charge in [-0.3, -0.25) is 0 Å². The Labute approximate surface area is 131 Å². The first kappa shape index (κ1) is 15.9. The van der Waals surface area contributed by atoms with E-state index in [0.717, 1.165) is 11.3 Å². The van der Waals surface area contributed by atoms with Gasteiger partial charge in [-0.05, 0) is 48.9 Å². The van der Waals surface area contributed by atoms with Gasteiger partial charge in [0.15, 0.2) is 0 Å². The second kappa shape index (κ2) is 6.13. The lowest BCUT2D eigenvalue weighted by molar-refractivity contribution is 0.598. The summed E-state index contributed by atoms with van der Waals surface area (Å²) in [7, 11) is -3.69. The molecule has 0 fully saturated rings. The molecule has 112 valence electrons. The Balaban J connectivity index is 2.18. The number of anilines is 1. The van der Waals surface area contributed by atoms with Crippen molar-refractivity contribution in [1.82, 2.24) is 0 Å². The van der Waals surface area contributed by atoms with E-state index < -0.39 is 10.0 Å². The van der Waals surface area contributed by atoms with Crippen LogP contribution in [-0.2, 0) is 10.0 Å². The number of hydrogen-bond donors (Lipinski definition) is 2. The standard InChI is InChI=1S/C14H14BrFN2O2S/c1-9(13-7-2-10(16)8-14(13)15)18-11-3-5-12(6-4-11)21(17,19)20/h2-9,18H,1H3,(H2,17,19,20). The molecule has 2 rings (SSSR count). The van der Waals surface area contributed by atoms with Crippen LogP contribution in [0.1, 0.15) is 18.5 Å². The molecule has 0 radical (unpaired) electrons. The zero-order valence-electron chi connectivity index (χ0n) is 11.2. The van der Waals surface area contributed by atoms with Crippen molar-refractivity contribution >= 4 is 31.6 Å². The summed E-state index contributed by atoms with van der Waals surface area (Å²) >= 11 is 3.32. The Hall–Kier alpha value is -1.44. The van der Waals surface area contributed by atoms with Crippen LogP contribution in [0.4, 0.5) is 10.1 Å². The summed E-state index contributed by atoms with van der Waals surface area (Å²) in [6.45, 7) is 1.92. The zero-order valence-corrected chi connectivity index (χ0v) is 13.6. The third-order valence-electron chi connectivity index (χ3n) is 3.00. The molecule has 0 saturated heterocycles. The average molecular weight is 373 g/mol. The summed E-state index contributed by atoms with van der Waals surface area (Å²) in [6.07, 6.45) is 0. The molecule has 0 aromatic heterocycles. The van der Waals surface area contributed by atoms with Crippen LogP contribution in [0.5, 0.6) is 0 Å². The van der Waals surface area contributed by atoms with E-state index in [2.05, 4.69) is 21.2 Å². The molecule has 0 bridgehead atoms. The van der Waals surface area contributed by atoms with Crippen molar-refractivity contribution in [2.75, 3.05) is 5.32 Å². The largest absolute Gasteiger partial charge is 0.378 e. The minimum absolute atomic E-state index is 0.0589. The van der Waals surface area contributed by atoms with E-state index in [1.807, 2.05) is 6.92 Å². The van der Waals surface area contributed by atoms with Crippen molar-refractivity contribution in [3.05, 3.63) is 58.3 Å². The smallest absolute Gasteiger partial charge is 0.238 e. The van der Waals surface area contributed by atoms with Gasteiger partial charge in [0.25, 0.3) is 0 Å². The maximum atomic E-state index is 13.1. The van der Waals surface area contributed by atoms with Gasteiger partial charge < -0.3 is 5.32 Å². The first-order valence-electron chi connectivity index (χ1n) is 6.12. The summed E-state index contributed by atoms with van der Waals surface area (Å²) < 4.78 is 36.1. The number of nitrogens with one attached hydrogen (secondary N) is 1. The summed E-state index contributed by atoms with van der Waals surface area (Å²) in [5, 5.41) is 8.25. The Morgan fingerprint density at radius 3 is 2.33 bits per heavy atom. The van der Waals surface area contributed by atoms with E-state index in [1.54, 1.807) is 18.2 Å². The minimum Gasteiger partial charge on any atom is -0.378 e. The lowest BCUT2D eigenvalue weighted by Gasteiger charge is -2.17. The predicted molar refractivity (Wildman–Crippen MR) is 84.0 cm³/mol. The molecule has 0 aliphatic rings. The third kappa shape index (κ3) is 4.03. The fourth-order valence-electron chi connectivity index (χ4n) is 1.92. The molecule has 0 heterocycles. The van der Waals surface area contributed by atoms with Crippen molar-refractivity contribution < 1.29 is 12.8 Å². The van der Waals surface area contributed by atoms with Crippen LogP contribution in [0.3, 0.4) is 0 Å². The Morgan fingerprint density at radius 2 is 1.81 bits per heavy atom. The lowest BCUT2D eigenvalue weighted by atomic mass is 10.1. The molecule has 0 spiro atoms. The molecule has 21 heavy (non-hydrogen) atoms. The van der Waals surface area contributed by atoms with Gasteiger partial charge in [0.1, 0.15) is 5.82 Å². The maximum absolute atomic E-state index is 13.1. The molecule has 0 amide bonds. The SMILES string of the molecule is CC(Nc1ccc(S(N)(=O)=O)cc1)c1ccc(F)cc1Br. The molecule has 7 heteroatoms. The molecule has 0 aliphatic heterocycles. The molecule has 0 aliphatic carbocycles. The Kier molecular flexibility index (Phi) is 4.65. The van der Waals surface area contributed by atoms with Gasteiger partial charge in [0, 0.05) is 16.2 Å². The first-order chi connectivity index (χ1) is 9.77. The lowest BCUT2D eigenvalue weighted by Crippen LogP contribution is -2.12. The summed E-state index contributed by atoms with van der Waals surface area (Å²) in [5.74, 6) is -0.310. The molecular formula is C14H14BrFN2O2S. The van der Waals surface area contributed by atoms with Crippen LogP contribution in [0.15, 0.2) is 51.8 Å². The van der Waals surface area contributed by atoms with Gasteiger partial charge in [-0.25, -0.2) is 17.9 Å². The van der Waals surface area contributed by atoms with Gasteiger partial charge in [0.05, 0.1) is 4.90 Å². The zero-order chi connectivity index (χ0) is 15.6. The summed E-state index contributed by atoms with van der Waals surface area (Å²) in [4.78, 5) is 0.0589. The van der Waals surface area contributed by atoms with Crippen LogP contribution in [0.25, 0.3) is 0 Å². The number of hydrogen-bond acceptors (Lipinski definition) is 3. The highest BCUT2D eigenvalue weighted by Gasteiger charge is 2.11. The van der Waals surface area contributed by atoms with Crippen molar-refractivity contribution in [1.29, 1.82) is 0 Å². The van der Waals surface area contributed by atoms with Gasteiger partial charge in [-0.1, -0.05) is 22.0 Å². The van der Waals surface area contributed by atoms with Gasteiger partial charge in [0.2, 0.25) is 10.0 Å². The Morgan fingerprint density at radius 1 is 1.19 bits per heavy atom. The average Bonchev–Trinajstić information content (AvgIpc) is 2.38. The molecule has 3 N–H and O–H groups in total. The van der Waals surface area contributed by atoms with Crippen molar-refractivity contribution in [2.24, 2.45) is 5.14 Å². The van der Waals surface area contributed by atoms with E-state index in [1.165, 1.54) is 24.3 Å². The number of benzene rings is 2.